The molecule has 1 aromatic carbocycles. The zero-order chi connectivity index (χ0) is 15.4. The Balaban J connectivity index is 2.14. The molecule has 0 spiro atoms. The van der Waals surface area contributed by atoms with Crippen molar-refractivity contribution in [2.45, 2.75) is 19.8 Å². The molecule has 0 fully saturated rings. The lowest BCUT2D eigenvalue weighted by Crippen LogP contribution is -2.45. The molecule has 0 aromatic heterocycles. The summed E-state index contributed by atoms with van der Waals surface area (Å²) in [7, 11) is 1.75. The number of nitrogens with zero attached hydrogens (tertiary/aromatic N) is 2. The molecule has 21 heavy (non-hydrogen) atoms. The van der Waals surface area contributed by atoms with Crippen LogP contribution >= 0.6 is 11.6 Å². The monoisotopic (exact) mass is 310 g/mol. The summed E-state index contributed by atoms with van der Waals surface area (Å²) < 4.78 is 5.35. The van der Waals surface area contributed by atoms with Gasteiger partial charge in [0.25, 0.3) is 5.91 Å². The highest BCUT2D eigenvalue weighted by atomic mass is 35.5. The molecule has 114 valence electrons. The second-order valence-electron chi connectivity index (χ2n) is 5.05. The third-order valence-electron chi connectivity index (χ3n) is 3.43. The average Bonchev–Trinajstić information content (AvgIpc) is 2.47. The van der Waals surface area contributed by atoms with Crippen LogP contribution in [-0.4, -0.2) is 43.5 Å². The number of benzene rings is 1. The van der Waals surface area contributed by atoms with Gasteiger partial charge in [0.1, 0.15) is 12.3 Å². The number of carbonyl (C=O) groups is 2. The summed E-state index contributed by atoms with van der Waals surface area (Å²) in [6.07, 6.45) is 1.97. The Morgan fingerprint density at radius 2 is 2.24 bits per heavy atom. The van der Waals surface area contributed by atoms with Crippen LogP contribution in [-0.2, 0) is 9.59 Å². The molecule has 0 unspecified atom stereocenters. The first-order valence-corrected chi connectivity index (χ1v) is 7.37. The molecule has 0 saturated carbocycles. The van der Waals surface area contributed by atoms with Crippen LogP contribution in [0.4, 0.5) is 5.69 Å². The molecule has 0 N–H and O–H groups in total. The minimum atomic E-state index is -0.234. The minimum Gasteiger partial charge on any atom is -0.482 e. The van der Waals surface area contributed by atoms with Crippen molar-refractivity contribution in [2.24, 2.45) is 0 Å². The highest BCUT2D eigenvalue weighted by molar-refractivity contribution is 6.31. The van der Waals surface area contributed by atoms with Crippen molar-refractivity contribution in [1.29, 1.82) is 0 Å². The normalized spacial score (nSPS) is 13.7. The van der Waals surface area contributed by atoms with E-state index < -0.39 is 0 Å². The van der Waals surface area contributed by atoms with Crippen LogP contribution in [0.25, 0.3) is 0 Å². The Bertz CT molecular complexity index is 548. The highest BCUT2D eigenvalue weighted by Gasteiger charge is 2.28. The molecule has 0 bridgehead atoms. The van der Waals surface area contributed by atoms with Crippen molar-refractivity contribution in [3.8, 4) is 5.75 Å². The summed E-state index contributed by atoms with van der Waals surface area (Å²) in [6, 6.07) is 5.05. The standard InChI is InChI=1S/C15H19ClN2O3/c1-3-4-7-17(2)14(19)9-18-12-8-11(16)5-6-13(12)21-10-15(18)20/h5-6,8H,3-4,7,9-10H2,1-2H3. The molecule has 2 rings (SSSR count). The quantitative estimate of drug-likeness (QED) is 0.838. The molecule has 0 aliphatic carbocycles. The summed E-state index contributed by atoms with van der Waals surface area (Å²) >= 11 is 5.97. The van der Waals surface area contributed by atoms with E-state index in [0.717, 1.165) is 12.8 Å². The van der Waals surface area contributed by atoms with E-state index in [1.54, 1.807) is 30.1 Å². The number of hydrogen-bond donors (Lipinski definition) is 0. The average molecular weight is 311 g/mol. The van der Waals surface area contributed by atoms with Gasteiger partial charge in [0.2, 0.25) is 5.91 Å². The number of hydrogen-bond acceptors (Lipinski definition) is 3. The zero-order valence-electron chi connectivity index (χ0n) is 12.3. The summed E-state index contributed by atoms with van der Waals surface area (Å²) in [5.41, 5.74) is 0.552. The number of unbranched alkanes of at least 4 members (excludes halogenated alkanes) is 1. The topological polar surface area (TPSA) is 49.9 Å². The van der Waals surface area contributed by atoms with E-state index in [1.165, 1.54) is 4.90 Å². The first kappa shape index (κ1) is 15.6. The first-order chi connectivity index (χ1) is 10.0. The summed E-state index contributed by atoms with van der Waals surface area (Å²) in [4.78, 5) is 27.3. The van der Waals surface area contributed by atoms with E-state index >= 15 is 0 Å². The smallest absolute Gasteiger partial charge is 0.265 e. The first-order valence-electron chi connectivity index (χ1n) is 6.99. The Kier molecular flexibility index (Phi) is 5.07. The van der Waals surface area contributed by atoms with Gasteiger partial charge in [0.15, 0.2) is 6.61 Å². The molecule has 1 aliphatic heterocycles. The van der Waals surface area contributed by atoms with Crippen LogP contribution in [0.2, 0.25) is 5.02 Å². The SMILES string of the molecule is CCCCN(C)C(=O)CN1C(=O)COc2ccc(Cl)cc21. The number of carbonyl (C=O) groups excluding carboxylic acids is 2. The lowest BCUT2D eigenvalue weighted by molar-refractivity contribution is -0.131. The number of rotatable bonds is 5. The lowest BCUT2D eigenvalue weighted by Gasteiger charge is -2.30. The van der Waals surface area contributed by atoms with Gasteiger partial charge in [0.05, 0.1) is 5.69 Å². The Labute approximate surface area is 129 Å². The Morgan fingerprint density at radius 3 is 2.95 bits per heavy atom. The largest absolute Gasteiger partial charge is 0.482 e. The molecule has 1 aromatic rings. The van der Waals surface area contributed by atoms with Gasteiger partial charge in [-0.05, 0) is 24.6 Å². The van der Waals surface area contributed by atoms with Crippen molar-refractivity contribution in [3.05, 3.63) is 23.2 Å². The van der Waals surface area contributed by atoms with E-state index in [4.69, 9.17) is 16.3 Å². The number of anilines is 1. The molecule has 1 aliphatic rings. The van der Waals surface area contributed by atoms with E-state index in [0.29, 0.717) is 23.0 Å². The summed E-state index contributed by atoms with van der Waals surface area (Å²) in [5.74, 6) is 0.245. The van der Waals surface area contributed by atoms with Crippen LogP contribution in [0.1, 0.15) is 19.8 Å². The van der Waals surface area contributed by atoms with Crippen LogP contribution < -0.4 is 9.64 Å². The number of halogens is 1. The second-order valence-corrected chi connectivity index (χ2v) is 5.49. The zero-order valence-corrected chi connectivity index (χ0v) is 13.0. The molecule has 0 radical (unpaired) electrons. The number of amides is 2. The molecular weight excluding hydrogens is 292 g/mol. The second kappa shape index (κ2) is 6.80. The van der Waals surface area contributed by atoms with Gasteiger partial charge in [-0.15, -0.1) is 0 Å². The molecule has 2 amide bonds. The number of likely N-dealkylation sites (N-methyl/N-ethyl adjacent to an activating group) is 1. The van der Waals surface area contributed by atoms with Gasteiger partial charge in [-0.25, -0.2) is 0 Å². The molecular formula is C15H19ClN2O3. The fourth-order valence-corrected chi connectivity index (χ4v) is 2.29. The van der Waals surface area contributed by atoms with Crippen LogP contribution in [0.15, 0.2) is 18.2 Å². The van der Waals surface area contributed by atoms with Crippen LogP contribution in [0.5, 0.6) is 5.75 Å². The maximum Gasteiger partial charge on any atom is 0.265 e. The van der Waals surface area contributed by atoms with Gasteiger partial charge >= 0.3 is 0 Å². The molecule has 0 saturated heterocycles. The predicted octanol–water partition coefficient (Wildman–Crippen LogP) is 2.32. The van der Waals surface area contributed by atoms with Gasteiger partial charge < -0.3 is 9.64 Å². The fraction of sp³-hybridized carbons (Fsp3) is 0.467. The maximum atomic E-state index is 12.2. The molecule has 5 nitrogen and oxygen atoms in total. The van der Waals surface area contributed by atoms with Gasteiger partial charge in [-0.2, -0.15) is 0 Å². The van der Waals surface area contributed by atoms with Crippen LogP contribution in [0.3, 0.4) is 0 Å². The third-order valence-corrected chi connectivity index (χ3v) is 3.67. The number of ether oxygens (including phenoxy) is 1. The minimum absolute atomic E-state index is 0.00967. The number of fused-ring (bicyclic) bond motifs is 1. The van der Waals surface area contributed by atoms with E-state index in [-0.39, 0.29) is 25.0 Å². The van der Waals surface area contributed by atoms with Crippen molar-refractivity contribution in [2.75, 3.05) is 31.6 Å². The van der Waals surface area contributed by atoms with Gasteiger partial charge in [-0.3, -0.25) is 14.5 Å². The van der Waals surface area contributed by atoms with Crippen LogP contribution in [0, 0.1) is 0 Å². The third kappa shape index (κ3) is 3.67. The summed E-state index contributed by atoms with van der Waals surface area (Å²) in [5, 5.41) is 0.504. The van der Waals surface area contributed by atoms with Crippen molar-refractivity contribution < 1.29 is 14.3 Å². The van der Waals surface area contributed by atoms with E-state index in [9.17, 15) is 9.59 Å². The van der Waals surface area contributed by atoms with Gasteiger partial charge in [0, 0.05) is 18.6 Å². The molecule has 0 atom stereocenters. The van der Waals surface area contributed by atoms with E-state index in [2.05, 4.69) is 6.92 Å². The van der Waals surface area contributed by atoms with Crippen molar-refractivity contribution in [3.63, 3.8) is 0 Å². The molecule has 6 heteroatoms. The Hall–Kier alpha value is -1.75. The van der Waals surface area contributed by atoms with Crippen molar-refractivity contribution >= 4 is 29.1 Å². The molecule has 1 heterocycles. The highest BCUT2D eigenvalue weighted by Crippen LogP contribution is 2.34. The Morgan fingerprint density at radius 1 is 1.48 bits per heavy atom. The van der Waals surface area contributed by atoms with Gasteiger partial charge in [-0.1, -0.05) is 24.9 Å². The fourth-order valence-electron chi connectivity index (χ4n) is 2.12. The van der Waals surface area contributed by atoms with E-state index in [1.807, 2.05) is 0 Å². The lowest BCUT2D eigenvalue weighted by atomic mass is 10.2. The van der Waals surface area contributed by atoms with Crippen molar-refractivity contribution in [1.82, 2.24) is 4.90 Å². The predicted molar refractivity (Wildman–Crippen MR) is 81.8 cm³/mol. The summed E-state index contributed by atoms with van der Waals surface area (Å²) in [6.45, 7) is 2.72. The maximum absolute atomic E-state index is 12.2.